The van der Waals surface area contributed by atoms with Crippen LogP contribution in [0.1, 0.15) is 0 Å². The van der Waals surface area contributed by atoms with Crippen LogP contribution in [0, 0.1) is 0 Å². The van der Waals surface area contributed by atoms with E-state index in [9.17, 15) is 4.79 Å². The van der Waals surface area contributed by atoms with Gasteiger partial charge in [0.05, 0.1) is 0 Å². The van der Waals surface area contributed by atoms with E-state index in [4.69, 9.17) is 0 Å². The van der Waals surface area contributed by atoms with Crippen molar-refractivity contribution in [2.45, 2.75) is 4.58 Å². The fraction of sp³-hybridized carbons (Fsp3) is 0.714. The summed E-state index contributed by atoms with van der Waals surface area (Å²) in [7, 11) is 3.95. The molecule has 0 spiro atoms. The summed E-state index contributed by atoms with van der Waals surface area (Å²) in [5, 5.41) is 0.302. The van der Waals surface area contributed by atoms with Crippen LogP contribution >= 0.6 is 35.3 Å². The Morgan fingerprint density at radius 2 is 2.31 bits per heavy atom. The third kappa shape index (κ3) is 3.88. The molecular formula is C7H11NOS3Se. The van der Waals surface area contributed by atoms with E-state index in [2.05, 4.69) is 15.6 Å². The van der Waals surface area contributed by atoms with E-state index in [1.54, 1.807) is 23.5 Å². The van der Waals surface area contributed by atoms with Gasteiger partial charge in [-0.3, -0.25) is 0 Å². The first-order valence-electron chi connectivity index (χ1n) is 3.77. The average molecular weight is 300 g/mol. The zero-order valence-corrected chi connectivity index (χ0v) is 11.6. The quantitative estimate of drug-likeness (QED) is 0.719. The summed E-state index contributed by atoms with van der Waals surface area (Å²) in [4.78, 5) is 13.4. The summed E-state index contributed by atoms with van der Waals surface area (Å²) in [6.07, 6.45) is 0. The first-order chi connectivity index (χ1) is 6.11. The molecule has 0 aromatic carbocycles. The van der Waals surface area contributed by atoms with Crippen LogP contribution in [0.15, 0.2) is 0 Å². The van der Waals surface area contributed by atoms with Crippen molar-refractivity contribution >= 4 is 59.9 Å². The van der Waals surface area contributed by atoms with Crippen LogP contribution in [-0.2, 0) is 4.79 Å². The Balaban J connectivity index is 2.43. The van der Waals surface area contributed by atoms with E-state index < -0.39 is 0 Å². The maximum atomic E-state index is 11.4. The number of rotatable bonds is 3. The first-order valence-corrected chi connectivity index (χ1v) is 7.54. The molecule has 0 bridgehead atoms. The van der Waals surface area contributed by atoms with Gasteiger partial charge in [-0.25, -0.2) is 0 Å². The van der Waals surface area contributed by atoms with Crippen LogP contribution in [0.3, 0.4) is 0 Å². The van der Waals surface area contributed by atoms with E-state index >= 15 is 0 Å². The van der Waals surface area contributed by atoms with Crippen molar-refractivity contribution in [1.29, 1.82) is 0 Å². The van der Waals surface area contributed by atoms with Gasteiger partial charge in [-0.2, -0.15) is 0 Å². The van der Waals surface area contributed by atoms with Gasteiger partial charge in [0.15, 0.2) is 0 Å². The van der Waals surface area contributed by atoms with E-state index in [0.29, 0.717) is 5.12 Å². The molecule has 0 aliphatic carbocycles. The monoisotopic (exact) mass is 301 g/mol. The SMILES string of the molecule is CN(C)C(=[Se])SC1SCCSC1=O. The molecule has 1 aliphatic heterocycles. The molecular weight excluding hydrogens is 289 g/mol. The molecule has 0 aromatic rings. The zero-order chi connectivity index (χ0) is 9.84. The molecule has 0 aromatic heterocycles. The molecule has 0 amide bonds. The summed E-state index contributed by atoms with van der Waals surface area (Å²) >= 11 is 7.79. The fourth-order valence-electron chi connectivity index (χ4n) is 0.713. The molecule has 1 atom stereocenters. The standard InChI is InChI=1S/C7H11NOS3Se/c1-8(2)7(13)12-6-5(9)10-3-4-11-6/h6H,3-4H2,1-2H3. The summed E-state index contributed by atoms with van der Waals surface area (Å²) < 4.78 is 1.16. The minimum atomic E-state index is 0.0809. The van der Waals surface area contributed by atoms with Crippen LogP contribution in [-0.4, -0.2) is 59.6 Å². The normalized spacial score (nSPS) is 22.9. The Bertz CT molecular complexity index is 222. The second-order valence-corrected chi connectivity index (χ2v) is 7.75. The maximum absolute atomic E-state index is 11.4. The molecule has 1 heterocycles. The molecule has 2 nitrogen and oxygen atoms in total. The van der Waals surface area contributed by atoms with Gasteiger partial charge in [-0.15, -0.1) is 0 Å². The number of hydrogen-bond donors (Lipinski definition) is 0. The second kappa shape index (κ2) is 5.71. The summed E-state index contributed by atoms with van der Waals surface area (Å²) in [5.74, 6) is 2.04. The van der Waals surface area contributed by atoms with Gasteiger partial charge in [-0.1, -0.05) is 0 Å². The molecule has 1 fully saturated rings. The van der Waals surface area contributed by atoms with Gasteiger partial charge in [0.2, 0.25) is 0 Å². The molecule has 0 radical (unpaired) electrons. The number of thioether (sulfide) groups is 3. The molecule has 1 aliphatic rings. The van der Waals surface area contributed by atoms with Crippen LogP contribution in [0.5, 0.6) is 0 Å². The summed E-state index contributed by atoms with van der Waals surface area (Å²) in [6.45, 7) is 0. The van der Waals surface area contributed by atoms with Crippen molar-refractivity contribution in [2.75, 3.05) is 25.6 Å². The third-order valence-corrected chi connectivity index (χ3v) is 6.87. The minimum absolute atomic E-state index is 0.0809. The Kier molecular flexibility index (Phi) is 5.26. The van der Waals surface area contributed by atoms with E-state index in [1.807, 2.05) is 19.0 Å². The Labute approximate surface area is 99.3 Å². The van der Waals surface area contributed by atoms with Crippen molar-refractivity contribution in [1.82, 2.24) is 4.90 Å². The molecule has 13 heavy (non-hydrogen) atoms. The zero-order valence-electron chi connectivity index (χ0n) is 7.48. The van der Waals surface area contributed by atoms with Gasteiger partial charge >= 0.3 is 99.7 Å². The van der Waals surface area contributed by atoms with Crippen LogP contribution in [0.2, 0.25) is 0 Å². The van der Waals surface area contributed by atoms with Crippen LogP contribution < -0.4 is 0 Å². The predicted molar refractivity (Wildman–Crippen MR) is 65.8 cm³/mol. The Morgan fingerprint density at radius 3 is 2.85 bits per heavy atom. The molecule has 1 rings (SSSR count). The van der Waals surface area contributed by atoms with Crippen molar-refractivity contribution < 1.29 is 4.79 Å². The van der Waals surface area contributed by atoms with E-state index in [1.165, 1.54) is 11.8 Å². The van der Waals surface area contributed by atoms with Crippen molar-refractivity contribution in [3.63, 3.8) is 0 Å². The summed E-state index contributed by atoms with van der Waals surface area (Å²) in [6, 6.07) is 0. The molecule has 0 N–H and O–H groups in total. The van der Waals surface area contributed by atoms with E-state index in [0.717, 1.165) is 15.4 Å². The topological polar surface area (TPSA) is 20.3 Å². The van der Waals surface area contributed by atoms with Gasteiger partial charge < -0.3 is 0 Å². The Morgan fingerprint density at radius 1 is 1.62 bits per heavy atom. The summed E-state index contributed by atoms with van der Waals surface area (Å²) in [5.41, 5.74) is 0. The molecule has 74 valence electrons. The number of hydrogen-bond acceptors (Lipinski definition) is 5. The number of carbonyl (C=O) groups excluding carboxylic acids is 1. The molecule has 6 heteroatoms. The second-order valence-electron chi connectivity index (χ2n) is 2.65. The van der Waals surface area contributed by atoms with Crippen molar-refractivity contribution in [3.05, 3.63) is 0 Å². The van der Waals surface area contributed by atoms with Gasteiger partial charge in [0.25, 0.3) is 0 Å². The van der Waals surface area contributed by atoms with Gasteiger partial charge in [0.1, 0.15) is 0 Å². The Hall–Kier alpha value is 0.909. The van der Waals surface area contributed by atoms with Crippen molar-refractivity contribution in [2.24, 2.45) is 0 Å². The van der Waals surface area contributed by atoms with Crippen LogP contribution in [0.4, 0.5) is 0 Å². The fourth-order valence-corrected chi connectivity index (χ4v) is 5.22. The molecule has 1 saturated heterocycles. The third-order valence-electron chi connectivity index (χ3n) is 1.36. The van der Waals surface area contributed by atoms with Gasteiger partial charge in [0, 0.05) is 0 Å². The molecule has 0 saturated carbocycles. The predicted octanol–water partition coefficient (Wildman–Crippen LogP) is 0.870. The average Bonchev–Trinajstić information content (AvgIpc) is 2.08. The van der Waals surface area contributed by atoms with Crippen LogP contribution in [0.25, 0.3) is 0 Å². The van der Waals surface area contributed by atoms with Crippen molar-refractivity contribution in [3.8, 4) is 0 Å². The number of nitrogens with zero attached hydrogens (tertiary/aromatic N) is 1. The van der Waals surface area contributed by atoms with Gasteiger partial charge in [-0.05, 0) is 0 Å². The molecule has 1 unspecified atom stereocenters. The first kappa shape index (κ1) is 12.0. The van der Waals surface area contributed by atoms with E-state index in [-0.39, 0.29) is 4.58 Å². The number of carbonyl (C=O) groups is 1.